The lowest BCUT2D eigenvalue weighted by atomic mass is 9.74. The predicted octanol–water partition coefficient (Wildman–Crippen LogP) is 1.79. The Kier molecular flexibility index (Phi) is 5.81. The van der Waals surface area contributed by atoms with E-state index in [-0.39, 0.29) is 17.4 Å². The molecule has 0 amide bonds. The molecule has 0 saturated carbocycles. The Hall–Kier alpha value is -0.650. The summed E-state index contributed by atoms with van der Waals surface area (Å²) >= 11 is 0. The first kappa shape index (κ1) is 15.7. The minimum Gasteiger partial charge on any atom is -0.481 e. The van der Waals surface area contributed by atoms with Gasteiger partial charge in [0.1, 0.15) is 0 Å². The molecule has 0 aromatic rings. The Morgan fingerprint density at radius 1 is 1.30 bits per heavy atom. The van der Waals surface area contributed by atoms with E-state index in [0.29, 0.717) is 13.2 Å². The second kappa shape index (κ2) is 7.38. The molecule has 2 rings (SSSR count). The highest BCUT2D eigenvalue weighted by Gasteiger charge is 2.42. The molecule has 0 aliphatic carbocycles. The van der Waals surface area contributed by atoms with Crippen molar-refractivity contribution < 1.29 is 19.4 Å². The molecular weight excluding hydrogens is 258 g/mol. The van der Waals surface area contributed by atoms with E-state index in [1.807, 2.05) is 0 Å². The second-order valence-electron chi connectivity index (χ2n) is 6.13. The normalized spacial score (nSPS) is 27.4. The number of nitrogens with two attached hydrogens (primary N) is 1. The highest BCUT2D eigenvalue weighted by Crippen LogP contribution is 2.41. The van der Waals surface area contributed by atoms with Crippen LogP contribution >= 0.6 is 0 Å². The van der Waals surface area contributed by atoms with E-state index < -0.39 is 5.97 Å². The van der Waals surface area contributed by atoms with Crippen molar-refractivity contribution in [3.05, 3.63) is 0 Å². The molecule has 2 fully saturated rings. The highest BCUT2D eigenvalue weighted by atomic mass is 16.5. The van der Waals surface area contributed by atoms with Gasteiger partial charge in [-0.1, -0.05) is 6.42 Å². The Morgan fingerprint density at radius 3 is 2.70 bits per heavy atom. The summed E-state index contributed by atoms with van der Waals surface area (Å²) in [7, 11) is 0. The van der Waals surface area contributed by atoms with E-state index in [0.717, 1.165) is 58.2 Å². The fraction of sp³-hybridized carbons (Fsp3) is 0.933. The highest BCUT2D eigenvalue weighted by molar-refractivity contribution is 5.70. The van der Waals surface area contributed by atoms with Gasteiger partial charge in [-0.15, -0.1) is 0 Å². The van der Waals surface area contributed by atoms with Gasteiger partial charge in [0.2, 0.25) is 0 Å². The largest absolute Gasteiger partial charge is 0.481 e. The monoisotopic (exact) mass is 285 g/mol. The number of unbranched alkanes of at least 4 members (excludes halogenated alkanes) is 1. The summed E-state index contributed by atoms with van der Waals surface area (Å²) in [5, 5.41) is 9.51. The van der Waals surface area contributed by atoms with Crippen LogP contribution in [0.25, 0.3) is 0 Å². The molecule has 2 atom stereocenters. The van der Waals surface area contributed by atoms with Crippen molar-refractivity contribution in [1.82, 2.24) is 0 Å². The molecule has 2 aliphatic rings. The number of hydrogen-bond donors (Lipinski definition) is 2. The zero-order chi connectivity index (χ0) is 14.4. The summed E-state index contributed by atoms with van der Waals surface area (Å²) in [6.07, 6.45) is 6.09. The molecule has 2 aliphatic heterocycles. The fourth-order valence-corrected chi connectivity index (χ4v) is 3.57. The third-order valence-corrected chi connectivity index (χ3v) is 4.79. The SMILES string of the molecule is NCCCCC(C(=O)O)C1CCOC2(CCOCC2)C1. The smallest absolute Gasteiger partial charge is 0.306 e. The Morgan fingerprint density at radius 2 is 2.05 bits per heavy atom. The van der Waals surface area contributed by atoms with Crippen LogP contribution in [-0.4, -0.2) is 43.0 Å². The molecule has 116 valence electrons. The number of ether oxygens (including phenoxy) is 2. The number of carbonyl (C=O) groups is 1. The predicted molar refractivity (Wildman–Crippen MR) is 75.5 cm³/mol. The molecule has 2 saturated heterocycles. The van der Waals surface area contributed by atoms with Gasteiger partial charge in [0.05, 0.1) is 11.5 Å². The summed E-state index contributed by atoms with van der Waals surface area (Å²) in [5.74, 6) is -0.668. The molecule has 3 N–H and O–H groups in total. The van der Waals surface area contributed by atoms with Crippen molar-refractivity contribution in [2.45, 2.75) is 50.5 Å². The molecule has 0 aromatic heterocycles. The van der Waals surface area contributed by atoms with Crippen molar-refractivity contribution >= 4 is 5.97 Å². The maximum atomic E-state index is 11.6. The van der Waals surface area contributed by atoms with Crippen LogP contribution in [0, 0.1) is 11.8 Å². The summed E-state index contributed by atoms with van der Waals surface area (Å²) in [5.41, 5.74) is 5.38. The first-order valence-corrected chi connectivity index (χ1v) is 7.81. The quantitative estimate of drug-likeness (QED) is 0.727. The van der Waals surface area contributed by atoms with Gasteiger partial charge >= 0.3 is 5.97 Å². The Bertz CT molecular complexity index is 309. The van der Waals surface area contributed by atoms with Crippen molar-refractivity contribution in [2.24, 2.45) is 17.6 Å². The first-order valence-electron chi connectivity index (χ1n) is 7.81. The zero-order valence-electron chi connectivity index (χ0n) is 12.2. The van der Waals surface area contributed by atoms with Gasteiger partial charge in [-0.05, 0) is 51.0 Å². The Labute approximate surface area is 120 Å². The number of rotatable bonds is 6. The standard InChI is InChI=1S/C15H27NO4/c16-7-2-1-3-13(14(17)18)12-4-8-20-15(11-12)5-9-19-10-6-15/h12-13H,1-11,16H2,(H,17,18). The molecule has 0 bridgehead atoms. The molecule has 5 nitrogen and oxygen atoms in total. The average molecular weight is 285 g/mol. The van der Waals surface area contributed by atoms with Crippen LogP contribution in [0.1, 0.15) is 44.9 Å². The molecule has 5 heteroatoms. The lowest BCUT2D eigenvalue weighted by Crippen LogP contribution is -2.46. The van der Waals surface area contributed by atoms with Crippen LogP contribution in [0.5, 0.6) is 0 Å². The van der Waals surface area contributed by atoms with Crippen LogP contribution in [0.3, 0.4) is 0 Å². The van der Waals surface area contributed by atoms with E-state index in [2.05, 4.69) is 0 Å². The van der Waals surface area contributed by atoms with E-state index in [9.17, 15) is 9.90 Å². The molecule has 0 aromatic carbocycles. The van der Waals surface area contributed by atoms with Gasteiger partial charge in [0.15, 0.2) is 0 Å². The maximum absolute atomic E-state index is 11.6. The fourth-order valence-electron chi connectivity index (χ4n) is 3.57. The minimum atomic E-state index is -0.656. The first-order chi connectivity index (χ1) is 9.67. The van der Waals surface area contributed by atoms with E-state index in [4.69, 9.17) is 15.2 Å². The van der Waals surface area contributed by atoms with Gasteiger partial charge in [0, 0.05) is 19.8 Å². The number of aliphatic carboxylic acids is 1. The molecule has 20 heavy (non-hydrogen) atoms. The summed E-state index contributed by atoms with van der Waals surface area (Å²) in [6.45, 7) is 2.79. The van der Waals surface area contributed by atoms with Gasteiger partial charge < -0.3 is 20.3 Å². The lowest BCUT2D eigenvalue weighted by Gasteiger charge is -2.44. The van der Waals surface area contributed by atoms with E-state index >= 15 is 0 Å². The topological polar surface area (TPSA) is 81.8 Å². The van der Waals surface area contributed by atoms with Gasteiger partial charge in [-0.25, -0.2) is 0 Å². The number of carboxylic acid groups (broad SMARTS) is 1. The average Bonchev–Trinajstić information content (AvgIpc) is 2.44. The van der Waals surface area contributed by atoms with Crippen molar-refractivity contribution in [3.63, 3.8) is 0 Å². The molecule has 2 heterocycles. The van der Waals surface area contributed by atoms with Crippen LogP contribution in [0.4, 0.5) is 0 Å². The van der Waals surface area contributed by atoms with Crippen LogP contribution in [0.2, 0.25) is 0 Å². The van der Waals surface area contributed by atoms with E-state index in [1.165, 1.54) is 0 Å². The maximum Gasteiger partial charge on any atom is 0.306 e. The lowest BCUT2D eigenvalue weighted by molar-refractivity contribution is -0.163. The van der Waals surface area contributed by atoms with Crippen LogP contribution in [-0.2, 0) is 14.3 Å². The minimum absolute atomic E-state index is 0.122. The molecule has 0 radical (unpaired) electrons. The molecule has 1 spiro atoms. The zero-order valence-corrected chi connectivity index (χ0v) is 12.2. The van der Waals surface area contributed by atoms with Crippen LogP contribution < -0.4 is 5.73 Å². The van der Waals surface area contributed by atoms with Crippen LogP contribution in [0.15, 0.2) is 0 Å². The van der Waals surface area contributed by atoms with Gasteiger partial charge in [-0.3, -0.25) is 4.79 Å². The number of carboxylic acids is 1. The Balaban J connectivity index is 1.95. The van der Waals surface area contributed by atoms with E-state index in [1.54, 1.807) is 0 Å². The third-order valence-electron chi connectivity index (χ3n) is 4.79. The van der Waals surface area contributed by atoms with Crippen molar-refractivity contribution in [1.29, 1.82) is 0 Å². The van der Waals surface area contributed by atoms with Gasteiger partial charge in [0.25, 0.3) is 0 Å². The van der Waals surface area contributed by atoms with Crippen molar-refractivity contribution in [3.8, 4) is 0 Å². The summed E-state index contributed by atoms with van der Waals surface area (Å²) in [4.78, 5) is 11.6. The molecule has 2 unspecified atom stereocenters. The van der Waals surface area contributed by atoms with Gasteiger partial charge in [-0.2, -0.15) is 0 Å². The van der Waals surface area contributed by atoms with Crippen molar-refractivity contribution in [2.75, 3.05) is 26.4 Å². The number of hydrogen-bond acceptors (Lipinski definition) is 4. The summed E-state index contributed by atoms with van der Waals surface area (Å²) < 4.78 is 11.4. The molecular formula is C15H27NO4. The third kappa shape index (κ3) is 3.93. The second-order valence-corrected chi connectivity index (χ2v) is 6.13. The summed E-state index contributed by atoms with van der Waals surface area (Å²) in [6, 6.07) is 0.